The van der Waals surface area contributed by atoms with Gasteiger partial charge in [0.1, 0.15) is 11.6 Å². The molecule has 136 valence electrons. The summed E-state index contributed by atoms with van der Waals surface area (Å²) in [6.07, 6.45) is 10.1. The highest BCUT2D eigenvalue weighted by molar-refractivity contribution is 5.42. The van der Waals surface area contributed by atoms with Gasteiger partial charge in [0.05, 0.1) is 0 Å². The molecule has 2 N–H and O–H groups in total. The van der Waals surface area contributed by atoms with Crippen LogP contribution in [0.4, 0.5) is 5.82 Å². The van der Waals surface area contributed by atoms with Crippen LogP contribution in [-0.2, 0) is 0 Å². The summed E-state index contributed by atoms with van der Waals surface area (Å²) in [6.45, 7) is 4.92. The Morgan fingerprint density at radius 1 is 0.880 bits per heavy atom. The largest absolute Gasteiger partial charge is 0.356 e. The van der Waals surface area contributed by atoms with Crippen LogP contribution < -0.4 is 10.6 Å². The maximum Gasteiger partial charge on any atom is 0.134 e. The molecule has 0 atom stereocenters. The molecule has 1 aromatic rings. The highest BCUT2D eigenvalue weighted by atomic mass is 15.2. The van der Waals surface area contributed by atoms with E-state index in [1.165, 1.54) is 63.1 Å². The second kappa shape index (κ2) is 6.51. The average Bonchev–Trinajstić information content (AvgIpc) is 3.33. The molecule has 2 aliphatic carbocycles. The minimum Gasteiger partial charge on any atom is -0.356 e. The van der Waals surface area contributed by atoms with Crippen LogP contribution in [0.3, 0.4) is 0 Å². The first-order valence-electron chi connectivity index (χ1n) is 10.4. The Hall–Kier alpha value is -1.20. The zero-order chi connectivity index (χ0) is 16.8. The predicted molar refractivity (Wildman–Crippen MR) is 100.0 cm³/mol. The van der Waals surface area contributed by atoms with Crippen LogP contribution in [0, 0.1) is 0 Å². The summed E-state index contributed by atoms with van der Waals surface area (Å²) in [5, 5.41) is 0. The van der Waals surface area contributed by atoms with Crippen molar-refractivity contribution in [3.8, 4) is 0 Å². The molecule has 0 unspecified atom stereocenters. The van der Waals surface area contributed by atoms with Crippen LogP contribution in [0.15, 0.2) is 6.07 Å². The molecule has 5 nitrogen and oxygen atoms in total. The van der Waals surface area contributed by atoms with Gasteiger partial charge < -0.3 is 15.5 Å². The molecular weight excluding hydrogens is 310 g/mol. The standard InChI is InChI=1S/C20H31N5/c21-16-11-15(12-16)18-13-19(23-20(22-18)14-3-4-14)25-9-5-17(6-10-25)24-7-1-2-8-24/h13-17H,1-12,21H2. The number of rotatable bonds is 4. The number of anilines is 1. The second-order valence-corrected chi connectivity index (χ2v) is 8.67. The first kappa shape index (κ1) is 16.0. The van der Waals surface area contributed by atoms with E-state index in [-0.39, 0.29) is 0 Å². The fourth-order valence-electron chi connectivity index (χ4n) is 4.84. The third-order valence-electron chi connectivity index (χ3n) is 6.73. The van der Waals surface area contributed by atoms with Gasteiger partial charge in [0.2, 0.25) is 0 Å². The van der Waals surface area contributed by atoms with Gasteiger partial charge in [-0.25, -0.2) is 9.97 Å². The van der Waals surface area contributed by atoms with Crippen molar-refractivity contribution >= 4 is 5.82 Å². The quantitative estimate of drug-likeness (QED) is 0.912. The Bertz CT molecular complexity index is 609. The van der Waals surface area contributed by atoms with Crippen LogP contribution in [-0.4, -0.2) is 53.1 Å². The van der Waals surface area contributed by atoms with E-state index < -0.39 is 0 Å². The lowest BCUT2D eigenvalue weighted by Crippen LogP contribution is -2.44. The fourth-order valence-corrected chi connectivity index (χ4v) is 4.84. The van der Waals surface area contributed by atoms with Crippen molar-refractivity contribution in [3.05, 3.63) is 17.6 Å². The minimum atomic E-state index is 0.379. The van der Waals surface area contributed by atoms with Gasteiger partial charge in [-0.05, 0) is 64.5 Å². The Morgan fingerprint density at radius 3 is 2.24 bits per heavy atom. The number of hydrogen-bond acceptors (Lipinski definition) is 5. The van der Waals surface area contributed by atoms with Crippen LogP contribution in [0.2, 0.25) is 0 Å². The Kier molecular flexibility index (Phi) is 4.17. The highest BCUT2D eigenvalue weighted by Crippen LogP contribution is 2.41. The maximum absolute atomic E-state index is 6.01. The van der Waals surface area contributed by atoms with Crippen LogP contribution in [0.1, 0.15) is 74.7 Å². The van der Waals surface area contributed by atoms with Crippen molar-refractivity contribution in [1.29, 1.82) is 0 Å². The van der Waals surface area contributed by atoms with Gasteiger partial charge in [0.15, 0.2) is 0 Å². The van der Waals surface area contributed by atoms with E-state index in [0.717, 1.165) is 37.8 Å². The third kappa shape index (κ3) is 3.28. The van der Waals surface area contributed by atoms with Crippen molar-refractivity contribution < 1.29 is 0 Å². The molecule has 0 aromatic carbocycles. The smallest absolute Gasteiger partial charge is 0.134 e. The molecular formula is C20H31N5. The van der Waals surface area contributed by atoms with E-state index in [4.69, 9.17) is 15.7 Å². The Labute approximate surface area is 151 Å². The Morgan fingerprint density at radius 2 is 1.60 bits per heavy atom. The summed E-state index contributed by atoms with van der Waals surface area (Å²) in [6, 6.07) is 3.45. The van der Waals surface area contributed by atoms with Gasteiger partial charge in [-0.2, -0.15) is 0 Å². The minimum absolute atomic E-state index is 0.379. The zero-order valence-electron chi connectivity index (χ0n) is 15.2. The number of hydrogen-bond donors (Lipinski definition) is 1. The summed E-state index contributed by atoms with van der Waals surface area (Å²) in [5.41, 5.74) is 7.27. The summed E-state index contributed by atoms with van der Waals surface area (Å²) in [7, 11) is 0. The predicted octanol–water partition coefficient (Wildman–Crippen LogP) is 2.62. The topological polar surface area (TPSA) is 58.3 Å². The van der Waals surface area contributed by atoms with Gasteiger partial charge in [-0.1, -0.05) is 0 Å². The van der Waals surface area contributed by atoms with E-state index in [2.05, 4.69) is 15.9 Å². The van der Waals surface area contributed by atoms with E-state index in [0.29, 0.717) is 17.9 Å². The molecule has 0 radical (unpaired) electrons. The number of nitrogens with two attached hydrogens (primary N) is 1. The van der Waals surface area contributed by atoms with E-state index in [9.17, 15) is 0 Å². The first-order chi connectivity index (χ1) is 12.3. The number of piperidine rings is 1. The first-order valence-corrected chi connectivity index (χ1v) is 10.4. The van der Waals surface area contributed by atoms with Crippen LogP contribution >= 0.6 is 0 Å². The number of aromatic nitrogens is 2. The molecule has 3 heterocycles. The van der Waals surface area contributed by atoms with Crippen molar-refractivity contribution in [2.45, 2.75) is 75.3 Å². The van der Waals surface area contributed by atoms with Gasteiger partial charge in [0, 0.05) is 48.8 Å². The summed E-state index contributed by atoms with van der Waals surface area (Å²) in [4.78, 5) is 15.1. The lowest BCUT2D eigenvalue weighted by molar-refractivity contribution is 0.207. The average molecular weight is 342 g/mol. The second-order valence-electron chi connectivity index (χ2n) is 8.67. The summed E-state index contributed by atoms with van der Waals surface area (Å²) < 4.78 is 0. The zero-order valence-corrected chi connectivity index (χ0v) is 15.2. The normalized spacial score (nSPS) is 31.3. The molecule has 0 amide bonds. The van der Waals surface area contributed by atoms with Crippen molar-refractivity contribution in [1.82, 2.24) is 14.9 Å². The molecule has 0 spiro atoms. The SMILES string of the molecule is NC1CC(c2cc(N3CCC(N4CCCC4)CC3)nc(C3CC3)n2)C1. The molecule has 1 aromatic heterocycles. The maximum atomic E-state index is 6.01. The number of nitrogens with zero attached hydrogens (tertiary/aromatic N) is 4. The van der Waals surface area contributed by atoms with Crippen molar-refractivity contribution in [2.75, 3.05) is 31.1 Å². The molecule has 2 saturated heterocycles. The van der Waals surface area contributed by atoms with E-state index in [1.54, 1.807) is 0 Å². The molecule has 2 saturated carbocycles. The molecule has 5 rings (SSSR count). The van der Waals surface area contributed by atoms with Crippen molar-refractivity contribution in [3.63, 3.8) is 0 Å². The fraction of sp³-hybridized carbons (Fsp3) is 0.800. The third-order valence-corrected chi connectivity index (χ3v) is 6.73. The summed E-state index contributed by atoms with van der Waals surface area (Å²) >= 11 is 0. The molecule has 4 aliphatic rings. The lowest BCUT2D eigenvalue weighted by Gasteiger charge is -2.38. The van der Waals surface area contributed by atoms with Crippen LogP contribution in [0.5, 0.6) is 0 Å². The lowest BCUT2D eigenvalue weighted by atomic mass is 9.78. The van der Waals surface area contributed by atoms with Gasteiger partial charge in [-0.3, -0.25) is 0 Å². The van der Waals surface area contributed by atoms with Gasteiger partial charge in [0.25, 0.3) is 0 Å². The molecule has 2 aliphatic heterocycles. The highest BCUT2D eigenvalue weighted by Gasteiger charge is 2.33. The van der Waals surface area contributed by atoms with Crippen molar-refractivity contribution in [2.24, 2.45) is 5.73 Å². The molecule has 5 heteroatoms. The summed E-state index contributed by atoms with van der Waals surface area (Å²) in [5.74, 6) is 3.48. The number of likely N-dealkylation sites (tertiary alicyclic amines) is 1. The molecule has 4 fully saturated rings. The van der Waals surface area contributed by atoms with Crippen LogP contribution in [0.25, 0.3) is 0 Å². The van der Waals surface area contributed by atoms with E-state index >= 15 is 0 Å². The van der Waals surface area contributed by atoms with Gasteiger partial charge >= 0.3 is 0 Å². The molecule has 0 bridgehead atoms. The van der Waals surface area contributed by atoms with E-state index in [1.807, 2.05) is 0 Å². The van der Waals surface area contributed by atoms with Gasteiger partial charge in [-0.15, -0.1) is 0 Å². The monoisotopic (exact) mass is 341 g/mol. The molecule has 25 heavy (non-hydrogen) atoms. The Balaban J connectivity index is 1.31.